The van der Waals surface area contributed by atoms with Crippen LogP contribution >= 0.6 is 0 Å². The smallest absolute Gasteiger partial charge is 0.254 e. The van der Waals surface area contributed by atoms with Crippen molar-refractivity contribution in [1.29, 1.82) is 0 Å². The highest BCUT2D eigenvalue weighted by Gasteiger charge is 2.35. The first-order valence-electron chi connectivity index (χ1n) is 8.48. The lowest BCUT2D eigenvalue weighted by molar-refractivity contribution is -0.158. The maximum absolute atomic E-state index is 12.6. The van der Waals surface area contributed by atoms with Crippen molar-refractivity contribution >= 4 is 16.7 Å². The summed E-state index contributed by atoms with van der Waals surface area (Å²) in [6, 6.07) is 12.2. The van der Waals surface area contributed by atoms with Gasteiger partial charge in [0.05, 0.1) is 20.3 Å². The van der Waals surface area contributed by atoms with E-state index in [-0.39, 0.29) is 12.0 Å². The molecule has 1 heterocycles. The van der Waals surface area contributed by atoms with Crippen molar-refractivity contribution < 1.29 is 19.0 Å². The zero-order valence-corrected chi connectivity index (χ0v) is 15.2. The van der Waals surface area contributed by atoms with Gasteiger partial charge >= 0.3 is 0 Å². The molecule has 0 bridgehead atoms. The molecule has 1 fully saturated rings. The number of hydrogen-bond acceptors (Lipinski definition) is 4. The number of benzene rings is 2. The summed E-state index contributed by atoms with van der Waals surface area (Å²) in [6.45, 7) is 5.24. The standard InChI is InChI=1S/C20H25NO4/c1-20(2,24-4)19(22)21-9-10-25-18(13-21)16-6-5-15-12-17(23-3)8-7-14(15)11-16/h5-8,11-12,18H,9-10,13H2,1-4H3/t18-/m0/s1. The number of fused-ring (bicyclic) bond motifs is 1. The van der Waals surface area contributed by atoms with Crippen LogP contribution in [0.3, 0.4) is 0 Å². The monoisotopic (exact) mass is 343 g/mol. The van der Waals surface area contributed by atoms with E-state index in [9.17, 15) is 4.79 Å². The fourth-order valence-electron chi connectivity index (χ4n) is 3.07. The van der Waals surface area contributed by atoms with Crippen molar-refractivity contribution in [3.05, 3.63) is 42.0 Å². The van der Waals surface area contributed by atoms with Crippen LogP contribution in [0.1, 0.15) is 25.5 Å². The van der Waals surface area contributed by atoms with Crippen LogP contribution in [0.2, 0.25) is 0 Å². The topological polar surface area (TPSA) is 48.0 Å². The summed E-state index contributed by atoms with van der Waals surface area (Å²) in [5, 5.41) is 2.25. The number of methoxy groups -OCH3 is 2. The first-order valence-corrected chi connectivity index (χ1v) is 8.48. The Labute approximate surface area is 148 Å². The highest BCUT2D eigenvalue weighted by Crippen LogP contribution is 2.28. The molecular weight excluding hydrogens is 318 g/mol. The molecule has 0 spiro atoms. The van der Waals surface area contributed by atoms with Crippen LogP contribution in [0.4, 0.5) is 0 Å². The molecule has 0 radical (unpaired) electrons. The van der Waals surface area contributed by atoms with Gasteiger partial charge in [-0.1, -0.05) is 18.2 Å². The molecule has 25 heavy (non-hydrogen) atoms. The maximum atomic E-state index is 12.6. The van der Waals surface area contributed by atoms with Crippen LogP contribution in [0.25, 0.3) is 10.8 Å². The van der Waals surface area contributed by atoms with Gasteiger partial charge < -0.3 is 19.1 Å². The van der Waals surface area contributed by atoms with Gasteiger partial charge in [-0.25, -0.2) is 0 Å². The van der Waals surface area contributed by atoms with E-state index >= 15 is 0 Å². The largest absolute Gasteiger partial charge is 0.497 e. The highest BCUT2D eigenvalue weighted by molar-refractivity contribution is 5.85. The number of morpholine rings is 1. The molecule has 1 saturated heterocycles. The fraction of sp³-hybridized carbons (Fsp3) is 0.450. The van der Waals surface area contributed by atoms with Gasteiger partial charge in [0.1, 0.15) is 17.5 Å². The number of nitrogens with zero attached hydrogens (tertiary/aromatic N) is 1. The van der Waals surface area contributed by atoms with Gasteiger partial charge in [0, 0.05) is 13.7 Å². The molecule has 5 nitrogen and oxygen atoms in total. The molecule has 1 aliphatic heterocycles. The van der Waals surface area contributed by atoms with E-state index in [1.54, 1.807) is 28.1 Å². The van der Waals surface area contributed by atoms with Crippen molar-refractivity contribution in [2.45, 2.75) is 25.6 Å². The Morgan fingerprint density at radius 3 is 2.60 bits per heavy atom. The lowest BCUT2D eigenvalue weighted by atomic mass is 10.0. The number of amides is 1. The molecule has 0 aliphatic carbocycles. The molecule has 1 atom stereocenters. The second-order valence-electron chi connectivity index (χ2n) is 6.80. The predicted octanol–water partition coefficient (Wildman–Crippen LogP) is 3.17. The van der Waals surface area contributed by atoms with Crippen molar-refractivity contribution in [3.8, 4) is 5.75 Å². The molecule has 2 aromatic rings. The summed E-state index contributed by atoms with van der Waals surface area (Å²) in [5.74, 6) is 0.835. The van der Waals surface area contributed by atoms with Gasteiger partial charge in [-0.15, -0.1) is 0 Å². The predicted molar refractivity (Wildman–Crippen MR) is 96.9 cm³/mol. The zero-order valence-electron chi connectivity index (χ0n) is 15.2. The molecule has 0 unspecified atom stereocenters. The Balaban J connectivity index is 1.81. The maximum Gasteiger partial charge on any atom is 0.254 e. The van der Waals surface area contributed by atoms with Crippen LogP contribution in [0.5, 0.6) is 5.75 Å². The normalized spacial score (nSPS) is 18.4. The van der Waals surface area contributed by atoms with E-state index in [1.165, 1.54) is 0 Å². The number of ether oxygens (including phenoxy) is 3. The summed E-state index contributed by atoms with van der Waals surface area (Å²) < 4.78 is 16.5. The van der Waals surface area contributed by atoms with Crippen molar-refractivity contribution in [2.24, 2.45) is 0 Å². The van der Waals surface area contributed by atoms with Crippen LogP contribution in [-0.4, -0.2) is 50.3 Å². The second kappa shape index (κ2) is 7.02. The molecule has 3 rings (SSSR count). The molecule has 0 aromatic heterocycles. The summed E-state index contributed by atoms with van der Waals surface area (Å²) in [7, 11) is 3.23. The van der Waals surface area contributed by atoms with E-state index in [2.05, 4.69) is 18.2 Å². The average molecular weight is 343 g/mol. The van der Waals surface area contributed by atoms with E-state index in [1.807, 2.05) is 23.1 Å². The number of hydrogen-bond donors (Lipinski definition) is 0. The van der Waals surface area contributed by atoms with Gasteiger partial charge in [0.2, 0.25) is 0 Å². The second-order valence-corrected chi connectivity index (χ2v) is 6.80. The van der Waals surface area contributed by atoms with Crippen molar-refractivity contribution in [3.63, 3.8) is 0 Å². The highest BCUT2D eigenvalue weighted by atomic mass is 16.5. The Bertz CT molecular complexity index is 771. The van der Waals surface area contributed by atoms with Gasteiger partial charge in [-0.05, 0) is 48.4 Å². The van der Waals surface area contributed by atoms with Crippen LogP contribution < -0.4 is 4.74 Å². The zero-order chi connectivity index (χ0) is 18.0. The van der Waals surface area contributed by atoms with E-state index in [0.717, 1.165) is 22.1 Å². The molecule has 1 aliphatic rings. The number of carbonyl (C=O) groups excluding carboxylic acids is 1. The van der Waals surface area contributed by atoms with Gasteiger partial charge in [0.15, 0.2) is 0 Å². The van der Waals surface area contributed by atoms with Crippen LogP contribution in [-0.2, 0) is 14.3 Å². The Morgan fingerprint density at radius 2 is 1.88 bits per heavy atom. The molecular formula is C20H25NO4. The molecule has 2 aromatic carbocycles. The summed E-state index contributed by atoms with van der Waals surface area (Å²) in [5.41, 5.74) is 0.257. The summed E-state index contributed by atoms with van der Waals surface area (Å²) in [6.07, 6.45) is -0.128. The summed E-state index contributed by atoms with van der Waals surface area (Å²) in [4.78, 5) is 14.5. The minimum Gasteiger partial charge on any atom is -0.497 e. The third-order valence-electron chi connectivity index (χ3n) is 4.82. The van der Waals surface area contributed by atoms with Crippen LogP contribution in [0.15, 0.2) is 36.4 Å². The fourth-order valence-corrected chi connectivity index (χ4v) is 3.07. The lowest BCUT2D eigenvalue weighted by Crippen LogP contribution is -2.51. The molecule has 0 N–H and O–H groups in total. The lowest BCUT2D eigenvalue weighted by Gasteiger charge is -2.37. The number of carbonyl (C=O) groups is 1. The molecule has 1 amide bonds. The molecule has 134 valence electrons. The number of rotatable bonds is 4. The third kappa shape index (κ3) is 3.62. The van der Waals surface area contributed by atoms with Gasteiger partial charge in [0.25, 0.3) is 5.91 Å². The van der Waals surface area contributed by atoms with Gasteiger partial charge in [-0.3, -0.25) is 4.79 Å². The Morgan fingerprint density at radius 1 is 1.16 bits per heavy atom. The third-order valence-corrected chi connectivity index (χ3v) is 4.82. The minimum atomic E-state index is -0.818. The first kappa shape index (κ1) is 17.7. The Hall–Kier alpha value is -2.11. The molecule has 0 saturated carbocycles. The first-order chi connectivity index (χ1) is 11.9. The van der Waals surface area contributed by atoms with Crippen molar-refractivity contribution in [2.75, 3.05) is 33.9 Å². The van der Waals surface area contributed by atoms with E-state index in [0.29, 0.717) is 19.7 Å². The summed E-state index contributed by atoms with van der Waals surface area (Å²) >= 11 is 0. The van der Waals surface area contributed by atoms with Gasteiger partial charge in [-0.2, -0.15) is 0 Å². The average Bonchev–Trinajstić information content (AvgIpc) is 2.66. The van der Waals surface area contributed by atoms with E-state index in [4.69, 9.17) is 14.2 Å². The van der Waals surface area contributed by atoms with Crippen molar-refractivity contribution in [1.82, 2.24) is 4.90 Å². The SMILES string of the molecule is COc1ccc2cc([C@@H]3CN(C(=O)C(C)(C)OC)CCO3)ccc2c1. The quantitative estimate of drug-likeness (QED) is 0.855. The molecule has 5 heteroatoms. The minimum absolute atomic E-state index is 0.00572. The van der Waals surface area contributed by atoms with E-state index < -0.39 is 5.60 Å². The Kier molecular flexibility index (Phi) is 4.97. The van der Waals surface area contributed by atoms with Crippen LogP contribution in [0, 0.1) is 0 Å².